The van der Waals surface area contributed by atoms with Crippen molar-refractivity contribution in [1.29, 1.82) is 0 Å². The van der Waals surface area contributed by atoms with Crippen molar-refractivity contribution in [3.8, 4) is 16.2 Å². The summed E-state index contributed by atoms with van der Waals surface area (Å²) >= 11 is 1.37. The van der Waals surface area contributed by atoms with Crippen LogP contribution in [0.25, 0.3) is 10.4 Å². The van der Waals surface area contributed by atoms with Crippen molar-refractivity contribution < 1.29 is 14.3 Å². The van der Waals surface area contributed by atoms with Crippen LogP contribution in [0, 0.1) is 6.92 Å². The lowest BCUT2D eigenvalue weighted by Gasteiger charge is -2.08. The van der Waals surface area contributed by atoms with Gasteiger partial charge in [-0.15, -0.1) is 11.3 Å². The van der Waals surface area contributed by atoms with Crippen molar-refractivity contribution >= 4 is 23.2 Å². The Kier molecular flexibility index (Phi) is 3.17. The zero-order valence-corrected chi connectivity index (χ0v) is 12.3. The maximum atomic E-state index is 11.5. The highest BCUT2D eigenvalue weighted by atomic mass is 32.1. The van der Waals surface area contributed by atoms with Gasteiger partial charge in [0.05, 0.1) is 11.5 Å². The van der Waals surface area contributed by atoms with Gasteiger partial charge in [0, 0.05) is 22.4 Å². The first-order chi connectivity index (χ1) is 9.99. The summed E-state index contributed by atoms with van der Waals surface area (Å²) < 4.78 is 5.72. The summed E-state index contributed by atoms with van der Waals surface area (Å²) in [5.41, 5.74) is 14.0. The summed E-state index contributed by atoms with van der Waals surface area (Å²) in [6.07, 6.45) is 0.700. The fraction of sp³-hybridized carbons (Fsp3) is 0.200. The second kappa shape index (κ2) is 4.89. The highest BCUT2D eigenvalue weighted by Crippen LogP contribution is 2.43. The second-order valence-electron chi connectivity index (χ2n) is 4.90. The predicted molar refractivity (Wildman–Crippen MR) is 80.7 cm³/mol. The van der Waals surface area contributed by atoms with Gasteiger partial charge in [-0.25, -0.2) is 0 Å². The van der Waals surface area contributed by atoms with Crippen molar-refractivity contribution in [1.82, 2.24) is 0 Å². The Morgan fingerprint density at radius 2 is 2.00 bits per heavy atom. The molecular formula is C15H14N2O3S. The van der Waals surface area contributed by atoms with E-state index >= 15 is 0 Å². The Hall–Kier alpha value is -2.34. The second-order valence-corrected chi connectivity index (χ2v) is 5.92. The highest BCUT2D eigenvalue weighted by Gasteiger charge is 2.24. The van der Waals surface area contributed by atoms with Crippen LogP contribution in [0.3, 0.4) is 0 Å². The molecule has 1 aromatic heterocycles. The average molecular weight is 302 g/mol. The van der Waals surface area contributed by atoms with E-state index in [1.54, 1.807) is 18.2 Å². The molecule has 0 fully saturated rings. The summed E-state index contributed by atoms with van der Waals surface area (Å²) in [4.78, 5) is 24.3. The van der Waals surface area contributed by atoms with Crippen LogP contribution in [-0.4, -0.2) is 18.4 Å². The summed E-state index contributed by atoms with van der Waals surface area (Å²) in [5, 5.41) is 0. The van der Waals surface area contributed by atoms with Crippen LogP contribution in [0.5, 0.6) is 5.75 Å². The molecule has 5 nitrogen and oxygen atoms in total. The molecule has 0 saturated carbocycles. The Morgan fingerprint density at radius 1 is 1.24 bits per heavy atom. The van der Waals surface area contributed by atoms with E-state index in [0.29, 0.717) is 29.2 Å². The van der Waals surface area contributed by atoms with E-state index in [1.165, 1.54) is 11.3 Å². The van der Waals surface area contributed by atoms with Gasteiger partial charge in [0.15, 0.2) is 0 Å². The molecule has 3 rings (SSSR count). The molecule has 0 spiro atoms. The van der Waals surface area contributed by atoms with E-state index in [1.807, 2.05) is 6.92 Å². The third kappa shape index (κ3) is 2.17. The Labute approximate surface area is 125 Å². The number of fused-ring (bicyclic) bond motifs is 3. The number of amides is 2. The predicted octanol–water partition coefficient (Wildman–Crippen LogP) is 1.86. The number of benzene rings is 1. The Balaban J connectivity index is 2.21. The molecule has 0 aliphatic carbocycles. The molecule has 108 valence electrons. The molecule has 1 aromatic carbocycles. The van der Waals surface area contributed by atoms with Crippen LogP contribution < -0.4 is 16.2 Å². The van der Waals surface area contributed by atoms with E-state index in [0.717, 1.165) is 21.6 Å². The molecule has 2 heterocycles. The standard InChI is InChI=1S/C15H14N2O3S/c1-7-9-4-5-20-11-6-8(14(16)18)2-3-10(11)13(9)21-12(7)15(17)19/h2-3,6H,4-5H2,1H3,(H2,16,18)(H2,17,19). The van der Waals surface area contributed by atoms with E-state index in [-0.39, 0.29) is 0 Å². The van der Waals surface area contributed by atoms with Gasteiger partial charge in [-0.1, -0.05) is 0 Å². The number of primary amides is 2. The normalized spacial score (nSPS) is 12.8. The first kappa shape index (κ1) is 13.6. The lowest BCUT2D eigenvalue weighted by atomic mass is 10.0. The smallest absolute Gasteiger partial charge is 0.259 e. The number of hydrogen-bond acceptors (Lipinski definition) is 4. The zero-order chi connectivity index (χ0) is 15.1. The van der Waals surface area contributed by atoms with E-state index < -0.39 is 11.8 Å². The molecular weight excluding hydrogens is 288 g/mol. The van der Waals surface area contributed by atoms with Gasteiger partial charge in [-0.05, 0) is 36.2 Å². The molecule has 6 heteroatoms. The minimum Gasteiger partial charge on any atom is -0.493 e. The number of carbonyl (C=O) groups excluding carboxylic acids is 2. The van der Waals surface area contributed by atoms with Gasteiger partial charge >= 0.3 is 0 Å². The molecule has 1 aliphatic rings. The first-order valence-corrected chi connectivity index (χ1v) is 7.29. The number of nitrogens with two attached hydrogens (primary N) is 2. The quantitative estimate of drug-likeness (QED) is 0.886. The highest BCUT2D eigenvalue weighted by molar-refractivity contribution is 7.17. The summed E-state index contributed by atoms with van der Waals surface area (Å²) in [6, 6.07) is 5.12. The van der Waals surface area contributed by atoms with E-state index in [2.05, 4.69) is 0 Å². The fourth-order valence-electron chi connectivity index (χ4n) is 2.55. The van der Waals surface area contributed by atoms with Crippen molar-refractivity contribution in [2.75, 3.05) is 6.61 Å². The topological polar surface area (TPSA) is 95.4 Å². The number of hydrogen-bond donors (Lipinski definition) is 2. The van der Waals surface area contributed by atoms with Crippen LogP contribution in [0.1, 0.15) is 31.2 Å². The zero-order valence-electron chi connectivity index (χ0n) is 11.4. The fourth-order valence-corrected chi connectivity index (χ4v) is 3.78. The van der Waals surface area contributed by atoms with Gasteiger partial charge in [-0.2, -0.15) is 0 Å². The SMILES string of the molecule is Cc1c(C(N)=O)sc2c1CCOc1cc(C(N)=O)ccc1-2. The number of carbonyl (C=O) groups is 2. The van der Waals surface area contributed by atoms with Gasteiger partial charge in [0.2, 0.25) is 5.91 Å². The average Bonchev–Trinajstić information content (AvgIpc) is 2.66. The summed E-state index contributed by atoms with van der Waals surface area (Å²) in [6.45, 7) is 2.39. The molecule has 2 aromatic rings. The molecule has 21 heavy (non-hydrogen) atoms. The molecule has 2 amide bonds. The lowest BCUT2D eigenvalue weighted by molar-refractivity contribution is 0.0993. The molecule has 1 aliphatic heterocycles. The van der Waals surface area contributed by atoms with Crippen LogP contribution in [0.4, 0.5) is 0 Å². The van der Waals surface area contributed by atoms with Gasteiger partial charge in [0.25, 0.3) is 5.91 Å². The number of ether oxygens (including phenoxy) is 1. The number of thiophene rings is 1. The molecule has 0 radical (unpaired) electrons. The monoisotopic (exact) mass is 302 g/mol. The van der Waals surface area contributed by atoms with E-state index in [9.17, 15) is 9.59 Å². The third-order valence-corrected chi connectivity index (χ3v) is 5.00. The first-order valence-electron chi connectivity index (χ1n) is 6.48. The molecule has 0 saturated heterocycles. The third-order valence-electron chi connectivity index (χ3n) is 3.62. The van der Waals surface area contributed by atoms with Crippen LogP contribution >= 0.6 is 11.3 Å². The molecule has 4 N–H and O–H groups in total. The Morgan fingerprint density at radius 3 is 2.67 bits per heavy atom. The van der Waals surface area contributed by atoms with Crippen molar-refractivity contribution in [3.05, 3.63) is 39.8 Å². The van der Waals surface area contributed by atoms with Gasteiger partial charge in [-0.3, -0.25) is 9.59 Å². The van der Waals surface area contributed by atoms with Crippen LogP contribution in [0.2, 0.25) is 0 Å². The minimum atomic E-state index is -0.494. The van der Waals surface area contributed by atoms with Crippen molar-refractivity contribution in [2.24, 2.45) is 11.5 Å². The molecule has 0 unspecified atom stereocenters. The molecule has 0 bridgehead atoms. The van der Waals surface area contributed by atoms with Crippen LogP contribution in [0.15, 0.2) is 18.2 Å². The number of rotatable bonds is 2. The maximum Gasteiger partial charge on any atom is 0.259 e. The van der Waals surface area contributed by atoms with Crippen LogP contribution in [-0.2, 0) is 6.42 Å². The maximum absolute atomic E-state index is 11.5. The van der Waals surface area contributed by atoms with Gasteiger partial charge in [0.1, 0.15) is 5.75 Å². The lowest BCUT2D eigenvalue weighted by Crippen LogP contribution is -2.11. The summed E-state index contributed by atoms with van der Waals surface area (Å²) in [5.74, 6) is -0.296. The minimum absolute atomic E-state index is 0.403. The summed E-state index contributed by atoms with van der Waals surface area (Å²) in [7, 11) is 0. The van der Waals surface area contributed by atoms with Gasteiger partial charge < -0.3 is 16.2 Å². The largest absolute Gasteiger partial charge is 0.493 e. The molecule has 0 atom stereocenters. The van der Waals surface area contributed by atoms with Crippen molar-refractivity contribution in [2.45, 2.75) is 13.3 Å². The Bertz CT molecular complexity index is 765. The van der Waals surface area contributed by atoms with Crippen molar-refractivity contribution in [3.63, 3.8) is 0 Å². The van der Waals surface area contributed by atoms with E-state index in [4.69, 9.17) is 16.2 Å².